The zero-order valence-electron chi connectivity index (χ0n) is 10.5. The molecule has 0 saturated heterocycles. The summed E-state index contributed by atoms with van der Waals surface area (Å²) < 4.78 is 23.3. The summed E-state index contributed by atoms with van der Waals surface area (Å²) in [7, 11) is 0. The van der Waals surface area contributed by atoms with Gasteiger partial charge in [0.15, 0.2) is 0 Å². The van der Waals surface area contributed by atoms with Crippen LogP contribution in [-0.4, -0.2) is 25.3 Å². The first kappa shape index (κ1) is 16.2. The molecule has 1 atom stereocenters. The van der Waals surface area contributed by atoms with Crippen LogP contribution in [0.25, 0.3) is 0 Å². The van der Waals surface area contributed by atoms with E-state index in [4.69, 9.17) is 4.19 Å². The van der Waals surface area contributed by atoms with Crippen LogP contribution in [0.15, 0.2) is 0 Å². The molecule has 0 radical (unpaired) electrons. The van der Waals surface area contributed by atoms with Crippen LogP contribution in [-0.2, 0) is 7.65 Å². The van der Waals surface area contributed by atoms with Gasteiger partial charge in [0, 0.05) is 0 Å². The van der Waals surface area contributed by atoms with Crippen LogP contribution >= 0.6 is 0 Å². The van der Waals surface area contributed by atoms with Gasteiger partial charge in [-0.15, -0.1) is 0 Å². The molecule has 0 aliphatic carbocycles. The molecule has 98 valence electrons. The Bertz CT molecular complexity index is 162. The molecule has 0 bridgehead atoms. The van der Waals surface area contributed by atoms with Crippen LogP contribution in [0, 0.1) is 0 Å². The normalized spacial score (nSPS) is 12.9. The first-order chi connectivity index (χ1) is 7.77. The summed E-state index contributed by atoms with van der Waals surface area (Å²) in [6, 6.07) is 0. The van der Waals surface area contributed by atoms with Gasteiger partial charge in [0.1, 0.15) is 0 Å². The molecule has 16 heavy (non-hydrogen) atoms. The molecule has 1 N–H and O–H groups in total. The minimum absolute atomic E-state index is 0.446. The summed E-state index contributed by atoms with van der Waals surface area (Å²) in [4.78, 5) is 0. The van der Waals surface area contributed by atoms with Crippen LogP contribution in [0.4, 0.5) is 0 Å². The Morgan fingerprint density at radius 1 is 0.875 bits per heavy atom. The molecule has 3 nitrogen and oxygen atoms in total. The van der Waals surface area contributed by atoms with Gasteiger partial charge < -0.3 is 0 Å². The van der Waals surface area contributed by atoms with Gasteiger partial charge in [-0.25, -0.2) is 0 Å². The monoisotopic (exact) mass is 298 g/mol. The number of hydrogen-bond acceptors (Lipinski definition) is 2. The molecule has 1 unspecified atom stereocenters. The summed E-state index contributed by atoms with van der Waals surface area (Å²) in [5.74, 6) is 0. The van der Waals surface area contributed by atoms with Crippen molar-refractivity contribution < 1.29 is 11.8 Å². The van der Waals surface area contributed by atoms with E-state index in [0.29, 0.717) is 6.61 Å². The fraction of sp³-hybridized carbons (Fsp3) is 1.00. The van der Waals surface area contributed by atoms with Crippen molar-refractivity contribution in [3.8, 4) is 0 Å². The van der Waals surface area contributed by atoms with Gasteiger partial charge in [0.25, 0.3) is 0 Å². The zero-order chi connectivity index (χ0) is 12.1. The molecule has 0 fully saturated rings. The standard InChI is InChI=1S/C12H26O3Se/c1-2-3-4-5-6-7-8-9-10-11-12-15-16(13)14/h2-12H2,1H3,(H,13,14). The van der Waals surface area contributed by atoms with E-state index in [9.17, 15) is 3.83 Å². The Balaban J connectivity index is 2.90. The summed E-state index contributed by atoms with van der Waals surface area (Å²) in [5, 5.41) is 0. The van der Waals surface area contributed by atoms with Gasteiger partial charge in [-0.1, -0.05) is 6.92 Å². The molecule has 0 saturated carbocycles. The molecule has 4 heteroatoms. The Morgan fingerprint density at radius 3 is 1.75 bits per heavy atom. The predicted molar refractivity (Wildman–Crippen MR) is 66.5 cm³/mol. The third-order valence-corrected chi connectivity index (χ3v) is 3.45. The van der Waals surface area contributed by atoms with E-state index >= 15 is 0 Å². The van der Waals surface area contributed by atoms with Crippen molar-refractivity contribution in [3.05, 3.63) is 0 Å². The van der Waals surface area contributed by atoms with E-state index in [2.05, 4.69) is 10.7 Å². The SMILES string of the molecule is CCCCCCCCCCCCO[Se](=O)O. The Morgan fingerprint density at radius 2 is 1.31 bits per heavy atom. The molecule has 0 aliphatic rings. The maximum absolute atomic E-state index is 10.2. The van der Waals surface area contributed by atoms with Crippen LogP contribution in [0.2, 0.25) is 0 Å². The van der Waals surface area contributed by atoms with Crippen molar-refractivity contribution in [2.75, 3.05) is 6.61 Å². The van der Waals surface area contributed by atoms with Gasteiger partial charge >= 0.3 is 97.2 Å². The van der Waals surface area contributed by atoms with Gasteiger partial charge in [-0.3, -0.25) is 0 Å². The van der Waals surface area contributed by atoms with Crippen LogP contribution in [0.5, 0.6) is 0 Å². The van der Waals surface area contributed by atoms with E-state index in [1.165, 1.54) is 51.4 Å². The molecule has 0 aromatic carbocycles. The molecule has 0 aliphatic heterocycles. The van der Waals surface area contributed by atoms with Crippen molar-refractivity contribution in [1.82, 2.24) is 0 Å². The Kier molecular flexibility index (Phi) is 13.5. The summed E-state index contributed by atoms with van der Waals surface area (Å²) in [6.45, 7) is 2.69. The number of unbranched alkanes of at least 4 members (excludes halogenated alkanes) is 9. The predicted octanol–water partition coefficient (Wildman–Crippen LogP) is 3.33. The van der Waals surface area contributed by atoms with Gasteiger partial charge in [0.05, 0.1) is 0 Å². The van der Waals surface area contributed by atoms with E-state index in [-0.39, 0.29) is 0 Å². The first-order valence-electron chi connectivity index (χ1n) is 6.51. The van der Waals surface area contributed by atoms with Crippen molar-refractivity contribution >= 4 is 14.5 Å². The first-order valence-corrected chi connectivity index (χ1v) is 8.68. The quantitative estimate of drug-likeness (QED) is 0.444. The average Bonchev–Trinajstić information content (AvgIpc) is 2.25. The molecule has 0 aromatic heterocycles. The Hall–Kier alpha value is 0.239. The fourth-order valence-corrected chi connectivity index (χ4v) is 2.27. The van der Waals surface area contributed by atoms with Gasteiger partial charge in [0.2, 0.25) is 0 Å². The number of rotatable bonds is 12. The Labute approximate surface area is 104 Å². The summed E-state index contributed by atoms with van der Waals surface area (Å²) in [6.07, 6.45) is 12.7. The molecule has 0 aromatic rings. The second-order valence-corrected chi connectivity index (χ2v) is 5.63. The third kappa shape index (κ3) is 14.2. The maximum atomic E-state index is 10.2. The van der Waals surface area contributed by atoms with Crippen molar-refractivity contribution in [1.29, 1.82) is 0 Å². The van der Waals surface area contributed by atoms with E-state index in [1.807, 2.05) is 0 Å². The van der Waals surface area contributed by atoms with Gasteiger partial charge in [-0.2, -0.15) is 0 Å². The third-order valence-electron chi connectivity index (χ3n) is 2.68. The molecular weight excluding hydrogens is 271 g/mol. The van der Waals surface area contributed by atoms with Gasteiger partial charge in [-0.05, 0) is 0 Å². The van der Waals surface area contributed by atoms with E-state index in [1.54, 1.807) is 0 Å². The summed E-state index contributed by atoms with van der Waals surface area (Å²) in [5.41, 5.74) is 0. The average molecular weight is 297 g/mol. The van der Waals surface area contributed by atoms with Crippen molar-refractivity contribution in [3.63, 3.8) is 0 Å². The van der Waals surface area contributed by atoms with Crippen molar-refractivity contribution in [2.24, 2.45) is 0 Å². The van der Waals surface area contributed by atoms with E-state index in [0.717, 1.165) is 12.8 Å². The van der Waals surface area contributed by atoms with Crippen LogP contribution in [0.1, 0.15) is 71.1 Å². The van der Waals surface area contributed by atoms with Crippen LogP contribution < -0.4 is 0 Å². The topological polar surface area (TPSA) is 46.5 Å². The summed E-state index contributed by atoms with van der Waals surface area (Å²) >= 11 is -2.89. The molecule has 0 heterocycles. The number of hydrogen-bond donors (Lipinski definition) is 1. The molecule has 0 rings (SSSR count). The van der Waals surface area contributed by atoms with Crippen molar-refractivity contribution in [2.45, 2.75) is 71.1 Å². The minimum atomic E-state index is -2.89. The fourth-order valence-electron chi connectivity index (χ4n) is 1.72. The second-order valence-electron chi connectivity index (χ2n) is 4.22. The molecule has 0 spiro atoms. The van der Waals surface area contributed by atoms with Crippen LogP contribution in [0.3, 0.4) is 0 Å². The van der Waals surface area contributed by atoms with E-state index < -0.39 is 14.5 Å². The zero-order valence-corrected chi connectivity index (χ0v) is 12.2. The molecule has 0 amide bonds. The second kappa shape index (κ2) is 13.3. The molecular formula is C12H26O3Se.